The Labute approximate surface area is 236 Å². The molecule has 0 aliphatic carbocycles. The van der Waals surface area contributed by atoms with Crippen molar-refractivity contribution in [1.29, 1.82) is 0 Å². The molecule has 1 fully saturated rings. The zero-order valence-corrected chi connectivity index (χ0v) is 22.4. The lowest BCUT2D eigenvalue weighted by Crippen LogP contribution is -2.50. The van der Waals surface area contributed by atoms with E-state index in [1.807, 2.05) is 30.3 Å². The van der Waals surface area contributed by atoms with Crippen molar-refractivity contribution in [3.05, 3.63) is 100 Å². The van der Waals surface area contributed by atoms with E-state index in [9.17, 15) is 19.2 Å². The van der Waals surface area contributed by atoms with Gasteiger partial charge in [0.05, 0.1) is 42.6 Å². The predicted molar refractivity (Wildman–Crippen MR) is 147 cm³/mol. The first-order valence-corrected chi connectivity index (χ1v) is 13.5. The van der Waals surface area contributed by atoms with Crippen molar-refractivity contribution in [2.45, 2.75) is 24.7 Å². The largest absolute Gasteiger partial charge is 0.491 e. The van der Waals surface area contributed by atoms with E-state index in [2.05, 4.69) is 10.6 Å². The van der Waals surface area contributed by atoms with Crippen molar-refractivity contribution in [3.63, 3.8) is 0 Å². The summed E-state index contributed by atoms with van der Waals surface area (Å²) in [5.74, 6) is -0.969. The Bertz CT molecular complexity index is 1480. The number of fused-ring (bicyclic) bond motifs is 2. The summed E-state index contributed by atoms with van der Waals surface area (Å²) in [6.07, 6.45) is -0.233. The maximum atomic E-state index is 13.2. The molecule has 3 aliphatic heterocycles. The predicted octanol–water partition coefficient (Wildman–Crippen LogP) is 2.73. The van der Waals surface area contributed by atoms with Gasteiger partial charge >= 0.3 is 0 Å². The highest BCUT2D eigenvalue weighted by Gasteiger charge is 2.41. The van der Waals surface area contributed by atoms with Crippen molar-refractivity contribution in [2.75, 3.05) is 33.4 Å². The molecule has 0 aromatic heterocycles. The summed E-state index contributed by atoms with van der Waals surface area (Å²) in [5.41, 5.74) is 3.26. The quantitative estimate of drug-likeness (QED) is 0.430. The highest BCUT2D eigenvalue weighted by Crippen LogP contribution is 2.41. The molecule has 3 aromatic rings. The summed E-state index contributed by atoms with van der Waals surface area (Å²) in [4.78, 5) is 52.5. The van der Waals surface area contributed by atoms with E-state index in [0.717, 1.165) is 11.1 Å². The van der Waals surface area contributed by atoms with Gasteiger partial charge in [0.1, 0.15) is 5.75 Å². The molecule has 3 aliphatic rings. The lowest BCUT2D eigenvalue weighted by Gasteiger charge is -2.33. The van der Waals surface area contributed by atoms with E-state index in [4.69, 9.17) is 14.2 Å². The first-order chi connectivity index (χ1) is 20.0. The van der Waals surface area contributed by atoms with Crippen LogP contribution in [0.4, 0.5) is 0 Å². The van der Waals surface area contributed by atoms with Gasteiger partial charge in [-0.05, 0) is 29.8 Å². The number of nitrogens with zero attached hydrogens (tertiary/aromatic N) is 1. The minimum atomic E-state index is -0.598. The van der Waals surface area contributed by atoms with Gasteiger partial charge in [-0.25, -0.2) is 0 Å². The van der Waals surface area contributed by atoms with Crippen molar-refractivity contribution in [3.8, 4) is 5.75 Å². The second-order valence-corrected chi connectivity index (χ2v) is 10.1. The Morgan fingerprint density at radius 1 is 0.878 bits per heavy atom. The van der Waals surface area contributed by atoms with Crippen LogP contribution in [0.15, 0.2) is 66.7 Å². The number of nitrogens with one attached hydrogen (secondary N) is 2. The molecule has 210 valence electrons. The van der Waals surface area contributed by atoms with Crippen LogP contribution < -0.4 is 15.4 Å². The molecule has 0 unspecified atom stereocenters. The van der Waals surface area contributed by atoms with Crippen LogP contribution in [-0.2, 0) is 9.47 Å². The van der Waals surface area contributed by atoms with Crippen LogP contribution >= 0.6 is 0 Å². The van der Waals surface area contributed by atoms with Crippen LogP contribution in [-0.4, -0.2) is 74.3 Å². The molecular weight excluding hydrogens is 526 g/mol. The summed E-state index contributed by atoms with van der Waals surface area (Å²) in [6, 6.07) is 19.3. The number of rotatable bonds is 7. The minimum absolute atomic E-state index is 0.0958. The van der Waals surface area contributed by atoms with E-state index in [1.54, 1.807) is 36.4 Å². The summed E-state index contributed by atoms with van der Waals surface area (Å²) >= 11 is 0. The van der Waals surface area contributed by atoms with Gasteiger partial charge in [-0.15, -0.1) is 0 Å². The minimum Gasteiger partial charge on any atom is -0.491 e. The number of imide groups is 1. The van der Waals surface area contributed by atoms with Gasteiger partial charge in [-0.3, -0.25) is 24.1 Å². The SMILES string of the molecule is CNC(=O)c1cc(C(=O)NCCC2OCC(N3C(=O)c4ccccc4C3=O)CO2)cc2c1OC[C@H]2c1ccccc1. The van der Waals surface area contributed by atoms with E-state index in [1.165, 1.54) is 11.9 Å². The Kier molecular flexibility index (Phi) is 7.25. The molecule has 41 heavy (non-hydrogen) atoms. The average Bonchev–Trinajstić information content (AvgIpc) is 3.55. The van der Waals surface area contributed by atoms with E-state index in [0.29, 0.717) is 41.0 Å². The second kappa shape index (κ2) is 11.1. The molecule has 10 heteroatoms. The molecule has 1 atom stereocenters. The Morgan fingerprint density at radius 2 is 1.54 bits per heavy atom. The number of hydrogen-bond acceptors (Lipinski definition) is 7. The molecule has 3 aromatic carbocycles. The summed E-state index contributed by atoms with van der Waals surface area (Å²) < 4.78 is 17.5. The molecule has 0 radical (unpaired) electrons. The van der Waals surface area contributed by atoms with Gasteiger partial charge in [-0.1, -0.05) is 42.5 Å². The van der Waals surface area contributed by atoms with Gasteiger partial charge in [0, 0.05) is 37.1 Å². The highest BCUT2D eigenvalue weighted by atomic mass is 16.7. The monoisotopic (exact) mass is 555 g/mol. The first kappa shape index (κ1) is 26.7. The number of benzene rings is 3. The Hall–Kier alpha value is -4.54. The van der Waals surface area contributed by atoms with Gasteiger partial charge in [-0.2, -0.15) is 0 Å². The van der Waals surface area contributed by atoms with Crippen LogP contribution in [0.2, 0.25) is 0 Å². The van der Waals surface area contributed by atoms with Crippen LogP contribution in [0.25, 0.3) is 0 Å². The van der Waals surface area contributed by atoms with Crippen molar-refractivity contribution in [1.82, 2.24) is 15.5 Å². The average molecular weight is 556 g/mol. The third-order valence-electron chi connectivity index (χ3n) is 7.63. The molecule has 10 nitrogen and oxygen atoms in total. The van der Waals surface area contributed by atoms with Gasteiger partial charge in [0.2, 0.25) is 0 Å². The van der Waals surface area contributed by atoms with Crippen LogP contribution in [0.3, 0.4) is 0 Å². The van der Waals surface area contributed by atoms with E-state index < -0.39 is 12.3 Å². The molecule has 0 spiro atoms. The molecule has 3 heterocycles. The molecule has 6 rings (SSSR count). The van der Waals surface area contributed by atoms with Crippen LogP contribution in [0, 0.1) is 0 Å². The third kappa shape index (κ3) is 4.96. The van der Waals surface area contributed by atoms with Crippen LogP contribution in [0.5, 0.6) is 5.75 Å². The molecule has 0 bridgehead atoms. The second-order valence-electron chi connectivity index (χ2n) is 10.1. The first-order valence-electron chi connectivity index (χ1n) is 13.5. The highest BCUT2D eigenvalue weighted by molar-refractivity contribution is 6.21. The fraction of sp³-hybridized carbons (Fsp3) is 0.290. The molecule has 1 saturated heterocycles. The molecule has 0 saturated carbocycles. The van der Waals surface area contributed by atoms with Gasteiger partial charge in [0.25, 0.3) is 23.6 Å². The maximum Gasteiger partial charge on any atom is 0.261 e. The zero-order valence-electron chi connectivity index (χ0n) is 22.4. The smallest absolute Gasteiger partial charge is 0.261 e. The molecule has 4 amide bonds. The standard InChI is InChI=1S/C31H29N3O7/c1-32-29(36)24-14-19(13-23-25(17-41-27(23)24)18-7-3-2-4-8-18)28(35)33-12-11-26-39-15-20(16-40-26)34-30(37)21-9-5-6-10-22(21)31(34)38/h2-10,13-14,20,25-26H,11-12,15-17H2,1H3,(H,32,36)(H,33,35)/t20?,25-,26?/m0/s1. The van der Waals surface area contributed by atoms with Gasteiger partial charge < -0.3 is 24.8 Å². The zero-order chi connectivity index (χ0) is 28.5. The fourth-order valence-electron chi connectivity index (χ4n) is 5.52. The lowest BCUT2D eigenvalue weighted by molar-refractivity contribution is -0.198. The maximum absolute atomic E-state index is 13.2. The number of carbonyl (C=O) groups excluding carboxylic acids is 4. The summed E-state index contributed by atoms with van der Waals surface area (Å²) in [7, 11) is 1.54. The Morgan fingerprint density at radius 3 is 2.20 bits per heavy atom. The normalized spacial score (nSPS) is 21.2. The number of ether oxygens (including phenoxy) is 3. The number of carbonyl (C=O) groups is 4. The lowest BCUT2D eigenvalue weighted by atomic mass is 9.90. The summed E-state index contributed by atoms with van der Waals surface area (Å²) in [5, 5.41) is 5.50. The van der Waals surface area contributed by atoms with Crippen molar-refractivity contribution in [2.24, 2.45) is 0 Å². The van der Waals surface area contributed by atoms with E-state index >= 15 is 0 Å². The number of amides is 4. The van der Waals surface area contributed by atoms with Crippen molar-refractivity contribution >= 4 is 23.6 Å². The fourth-order valence-corrected chi connectivity index (χ4v) is 5.52. The Balaban J connectivity index is 1.07. The number of hydrogen-bond donors (Lipinski definition) is 2. The van der Waals surface area contributed by atoms with E-state index in [-0.39, 0.29) is 49.3 Å². The molecular formula is C31H29N3O7. The topological polar surface area (TPSA) is 123 Å². The van der Waals surface area contributed by atoms with Crippen LogP contribution in [0.1, 0.15) is 64.9 Å². The van der Waals surface area contributed by atoms with Crippen molar-refractivity contribution < 1.29 is 33.4 Å². The third-order valence-corrected chi connectivity index (χ3v) is 7.63. The van der Waals surface area contributed by atoms with Gasteiger partial charge in [0.15, 0.2) is 6.29 Å². The molecule has 2 N–H and O–H groups in total. The summed E-state index contributed by atoms with van der Waals surface area (Å²) in [6.45, 7) is 0.926.